The number of Topliss-reactive ketones (excluding diaryl/α,β-unsaturated/α-hetero) is 1. The van der Waals surface area contributed by atoms with Gasteiger partial charge in [-0.15, -0.1) is 0 Å². The van der Waals surface area contributed by atoms with Gasteiger partial charge in [0.15, 0.2) is 5.78 Å². The number of methoxy groups -OCH3 is 1. The van der Waals surface area contributed by atoms with Gasteiger partial charge in [0.05, 0.1) is 65.4 Å². The number of esters is 1. The topological polar surface area (TPSA) is 178 Å². The lowest BCUT2D eigenvalue weighted by Gasteiger charge is -2.30. The lowest BCUT2D eigenvalue weighted by atomic mass is 9.99. The molecule has 0 aromatic heterocycles. The zero-order valence-corrected chi connectivity index (χ0v) is 36.2. The van der Waals surface area contributed by atoms with E-state index in [9.17, 15) is 53.6 Å². The second-order valence-corrected chi connectivity index (χ2v) is 20.1. The van der Waals surface area contributed by atoms with Crippen molar-refractivity contribution in [1.82, 2.24) is 0 Å². The molecule has 12 nitrogen and oxygen atoms in total. The second kappa shape index (κ2) is 20.5. The number of benzene rings is 4. The van der Waals surface area contributed by atoms with Gasteiger partial charge in [-0.3, -0.25) is 14.4 Å². The molecule has 0 aliphatic carbocycles. The van der Waals surface area contributed by atoms with Crippen LogP contribution < -0.4 is 15.5 Å². The van der Waals surface area contributed by atoms with Crippen molar-refractivity contribution >= 4 is 77.8 Å². The number of nitrogens with zero attached hydrogens (tertiary/aromatic N) is 2. The SMILES string of the molecule is COC(=O)c1ccc(CN(C(=O)C2CCS(=O)(=O)CC2)c2ccc(F)c(Cl)c2)c(F)c1.NCC(=O)c1ccc(CN(C(=O)C2CCS(=O)(=O)CC2)c2ccc(F)c(Cl)c2)c(F)c1. The van der Waals surface area contributed by atoms with Crippen LogP contribution in [0.4, 0.5) is 28.9 Å². The highest BCUT2D eigenvalue weighted by atomic mass is 35.5. The molecule has 2 saturated heterocycles. The highest BCUT2D eigenvalue weighted by Crippen LogP contribution is 2.31. The number of ketones is 1. The first-order chi connectivity index (χ1) is 29.2. The summed E-state index contributed by atoms with van der Waals surface area (Å²) in [5.74, 6) is -6.28. The van der Waals surface area contributed by atoms with Crippen molar-refractivity contribution in [2.24, 2.45) is 17.6 Å². The number of hydrogen-bond donors (Lipinski definition) is 1. The van der Waals surface area contributed by atoms with Gasteiger partial charge >= 0.3 is 5.97 Å². The van der Waals surface area contributed by atoms with Crippen molar-refractivity contribution < 1.29 is 58.3 Å². The van der Waals surface area contributed by atoms with Crippen LogP contribution in [-0.4, -0.2) is 77.1 Å². The Bertz CT molecular complexity index is 2400. The molecular weight excluding hydrogens is 902 g/mol. The molecule has 62 heavy (non-hydrogen) atoms. The summed E-state index contributed by atoms with van der Waals surface area (Å²) in [5.41, 5.74) is 6.19. The van der Waals surface area contributed by atoms with Gasteiger partial charge in [-0.25, -0.2) is 39.2 Å². The molecule has 0 spiro atoms. The Morgan fingerprint density at radius 2 is 1.00 bits per heavy atom. The van der Waals surface area contributed by atoms with Crippen molar-refractivity contribution in [2.75, 3.05) is 46.5 Å². The number of hydrogen-bond acceptors (Lipinski definition) is 10. The number of carbonyl (C=O) groups excluding carboxylic acids is 4. The molecule has 0 bridgehead atoms. The lowest BCUT2D eigenvalue weighted by Crippen LogP contribution is -2.39. The zero-order chi connectivity index (χ0) is 45.5. The summed E-state index contributed by atoms with van der Waals surface area (Å²) in [6.07, 6.45) is 0.602. The maximum atomic E-state index is 14.7. The highest BCUT2D eigenvalue weighted by molar-refractivity contribution is 7.91. The fraction of sp³-hybridized carbons (Fsp3) is 0.333. The molecular formula is C42H41Cl2F4N3O9S2. The molecule has 20 heteroatoms. The Kier molecular flexibility index (Phi) is 16.0. The largest absolute Gasteiger partial charge is 0.465 e. The summed E-state index contributed by atoms with van der Waals surface area (Å²) in [5, 5.41) is -0.408. The Morgan fingerprint density at radius 1 is 0.613 bits per heavy atom. The number of carbonyl (C=O) groups is 4. The van der Waals surface area contributed by atoms with E-state index in [0.29, 0.717) is 0 Å². The van der Waals surface area contributed by atoms with E-state index in [1.54, 1.807) is 0 Å². The molecule has 0 atom stereocenters. The Balaban J connectivity index is 0.000000234. The molecule has 2 heterocycles. The average Bonchev–Trinajstić information content (AvgIpc) is 3.24. The van der Waals surface area contributed by atoms with Gasteiger partial charge in [0.25, 0.3) is 0 Å². The van der Waals surface area contributed by atoms with Crippen LogP contribution in [-0.2, 0) is 47.1 Å². The molecule has 4 aromatic rings. The summed E-state index contributed by atoms with van der Waals surface area (Å²) >= 11 is 11.7. The van der Waals surface area contributed by atoms with Crippen LogP contribution in [0.2, 0.25) is 10.0 Å². The third kappa shape index (κ3) is 12.2. The molecule has 2 aliphatic heterocycles. The van der Waals surface area contributed by atoms with Crippen LogP contribution in [0.1, 0.15) is 57.5 Å². The quantitative estimate of drug-likeness (QED) is 0.0947. The van der Waals surface area contributed by atoms with E-state index >= 15 is 0 Å². The van der Waals surface area contributed by atoms with Crippen LogP contribution in [0.25, 0.3) is 0 Å². The molecule has 4 aromatic carbocycles. The normalized spacial score (nSPS) is 16.1. The van der Waals surface area contributed by atoms with Crippen LogP contribution in [0.5, 0.6) is 0 Å². The van der Waals surface area contributed by atoms with Crippen molar-refractivity contribution in [2.45, 2.75) is 38.8 Å². The van der Waals surface area contributed by atoms with Crippen LogP contribution in [0.3, 0.4) is 0 Å². The number of amides is 2. The summed E-state index contributed by atoms with van der Waals surface area (Å²) in [6.45, 7) is -0.674. The van der Waals surface area contributed by atoms with E-state index in [1.165, 1.54) is 65.4 Å². The first-order valence-electron chi connectivity index (χ1n) is 19.0. The number of halogens is 6. The van der Waals surface area contributed by atoms with Crippen LogP contribution in [0, 0.1) is 35.1 Å². The van der Waals surface area contributed by atoms with Crippen molar-refractivity contribution in [3.63, 3.8) is 0 Å². The monoisotopic (exact) mass is 941 g/mol. The molecule has 2 N–H and O–H groups in total. The van der Waals surface area contributed by atoms with Gasteiger partial charge in [0.2, 0.25) is 11.8 Å². The van der Waals surface area contributed by atoms with Crippen molar-refractivity contribution in [1.29, 1.82) is 0 Å². The third-order valence-electron chi connectivity index (χ3n) is 10.5. The summed E-state index contributed by atoms with van der Waals surface area (Å²) in [6, 6.07) is 15.0. The Morgan fingerprint density at radius 3 is 1.35 bits per heavy atom. The van der Waals surface area contributed by atoms with E-state index in [2.05, 4.69) is 4.74 Å². The van der Waals surface area contributed by atoms with Gasteiger partial charge in [0.1, 0.15) is 42.9 Å². The minimum absolute atomic E-state index is 0.0175. The summed E-state index contributed by atoms with van der Waals surface area (Å²) in [4.78, 5) is 52.3. The highest BCUT2D eigenvalue weighted by Gasteiger charge is 2.34. The molecule has 0 saturated carbocycles. The second-order valence-electron chi connectivity index (χ2n) is 14.6. The van der Waals surface area contributed by atoms with E-state index in [4.69, 9.17) is 28.9 Å². The molecule has 2 aliphatic rings. The maximum absolute atomic E-state index is 14.7. The van der Waals surface area contributed by atoms with Gasteiger partial charge in [-0.1, -0.05) is 41.4 Å². The molecule has 332 valence electrons. The number of sulfone groups is 2. The fourth-order valence-corrected chi connectivity index (χ4v) is 10.2. The number of ether oxygens (including phenoxy) is 1. The average molecular weight is 943 g/mol. The Labute approximate surface area is 365 Å². The van der Waals surface area contributed by atoms with Crippen molar-refractivity contribution in [3.8, 4) is 0 Å². The van der Waals surface area contributed by atoms with Gasteiger partial charge < -0.3 is 20.3 Å². The lowest BCUT2D eigenvalue weighted by molar-refractivity contribution is -0.123. The van der Waals surface area contributed by atoms with E-state index in [0.717, 1.165) is 24.3 Å². The van der Waals surface area contributed by atoms with Gasteiger partial charge in [0, 0.05) is 39.9 Å². The number of rotatable bonds is 11. The molecule has 2 amide bonds. The predicted molar refractivity (Wildman–Crippen MR) is 225 cm³/mol. The predicted octanol–water partition coefficient (Wildman–Crippen LogP) is 6.88. The van der Waals surface area contributed by atoms with Crippen LogP contribution >= 0.6 is 23.2 Å². The number of anilines is 2. The first kappa shape index (κ1) is 48.2. The maximum Gasteiger partial charge on any atom is 0.337 e. The minimum atomic E-state index is -3.18. The standard InChI is InChI=1S/C21H21ClF2N2O4S.C21H20ClF2NO5S/c22-17-10-16(3-4-18(17)23)26(21(28)13-5-7-31(29,30)8-6-13)12-15-2-1-14(9-19(15)24)20(27)11-25;1-30-21(27)14-2-3-15(19(24)10-14)12-25(16-4-5-18(23)17(22)11-16)20(26)13-6-8-31(28,29)9-7-13/h1-4,9-10,13H,5-8,11-12,25H2;2-5,10-11,13H,6-9,12H2,1H3. The molecule has 0 unspecified atom stereocenters. The van der Waals surface area contributed by atoms with Crippen molar-refractivity contribution in [3.05, 3.63) is 128 Å². The first-order valence-corrected chi connectivity index (χ1v) is 23.4. The van der Waals surface area contributed by atoms with E-state index in [-0.39, 0.29) is 112 Å². The van der Waals surface area contributed by atoms with Gasteiger partial charge in [-0.05, 0) is 80.3 Å². The smallest absolute Gasteiger partial charge is 0.337 e. The Hall–Kier alpha value is -4.88. The number of nitrogens with two attached hydrogens (primary N) is 1. The van der Waals surface area contributed by atoms with E-state index in [1.807, 2.05) is 0 Å². The van der Waals surface area contributed by atoms with Gasteiger partial charge in [-0.2, -0.15) is 0 Å². The molecule has 6 rings (SSSR count). The summed E-state index contributed by atoms with van der Waals surface area (Å²) in [7, 11) is -5.18. The van der Waals surface area contributed by atoms with E-state index < -0.39 is 78.3 Å². The molecule has 0 radical (unpaired) electrons. The minimum Gasteiger partial charge on any atom is -0.465 e. The van der Waals surface area contributed by atoms with Crippen LogP contribution in [0.15, 0.2) is 72.8 Å². The fourth-order valence-electron chi connectivity index (χ4n) is 6.84. The summed E-state index contributed by atoms with van der Waals surface area (Å²) < 4.78 is 108. The zero-order valence-electron chi connectivity index (χ0n) is 33.1. The third-order valence-corrected chi connectivity index (χ3v) is 14.5. The molecule has 2 fully saturated rings.